The van der Waals surface area contributed by atoms with Crippen molar-refractivity contribution in [2.45, 2.75) is 38.1 Å². The Kier molecular flexibility index (Phi) is 5.09. The minimum absolute atomic E-state index is 0.125. The van der Waals surface area contributed by atoms with Gasteiger partial charge >= 0.3 is 11.8 Å². The van der Waals surface area contributed by atoms with Gasteiger partial charge in [0.1, 0.15) is 5.82 Å². The van der Waals surface area contributed by atoms with Gasteiger partial charge in [-0.1, -0.05) is 31.0 Å². The summed E-state index contributed by atoms with van der Waals surface area (Å²) in [5, 5.41) is 5.23. The molecule has 0 spiro atoms. The average molecular weight is 278 g/mol. The molecule has 1 saturated carbocycles. The van der Waals surface area contributed by atoms with E-state index >= 15 is 0 Å². The molecule has 0 heterocycles. The van der Waals surface area contributed by atoms with Crippen molar-refractivity contribution in [3.63, 3.8) is 0 Å². The highest BCUT2D eigenvalue weighted by Gasteiger charge is 2.20. The van der Waals surface area contributed by atoms with Gasteiger partial charge in [-0.2, -0.15) is 0 Å². The van der Waals surface area contributed by atoms with Gasteiger partial charge < -0.3 is 10.6 Å². The second-order valence-corrected chi connectivity index (χ2v) is 5.05. The van der Waals surface area contributed by atoms with E-state index in [-0.39, 0.29) is 18.4 Å². The van der Waals surface area contributed by atoms with E-state index in [1.165, 1.54) is 6.07 Å². The van der Waals surface area contributed by atoms with Crippen LogP contribution in [0.3, 0.4) is 0 Å². The van der Waals surface area contributed by atoms with E-state index in [0.29, 0.717) is 12.0 Å². The Morgan fingerprint density at radius 1 is 1.15 bits per heavy atom. The lowest BCUT2D eigenvalue weighted by Crippen LogP contribution is -2.44. The summed E-state index contributed by atoms with van der Waals surface area (Å²) in [6.45, 7) is 0.248. The molecule has 1 aliphatic carbocycles. The van der Waals surface area contributed by atoms with Gasteiger partial charge in [-0.25, -0.2) is 4.39 Å². The molecule has 0 saturated heterocycles. The number of rotatable bonds is 4. The SMILES string of the molecule is O=C(NCCc1ccccc1F)C(=O)NC1CCCC1. The second-order valence-electron chi connectivity index (χ2n) is 5.05. The van der Waals surface area contributed by atoms with Crippen molar-refractivity contribution >= 4 is 11.8 Å². The lowest BCUT2D eigenvalue weighted by Gasteiger charge is -2.11. The highest BCUT2D eigenvalue weighted by Crippen LogP contribution is 2.17. The Balaban J connectivity index is 1.72. The summed E-state index contributed by atoms with van der Waals surface area (Å²) in [5.41, 5.74) is 0.531. The van der Waals surface area contributed by atoms with E-state index in [2.05, 4.69) is 10.6 Å². The monoisotopic (exact) mass is 278 g/mol. The predicted molar refractivity (Wildman–Crippen MR) is 73.5 cm³/mol. The van der Waals surface area contributed by atoms with Crippen LogP contribution in [0.2, 0.25) is 0 Å². The number of benzene rings is 1. The molecule has 0 atom stereocenters. The van der Waals surface area contributed by atoms with Crippen molar-refractivity contribution in [3.8, 4) is 0 Å². The van der Waals surface area contributed by atoms with Gasteiger partial charge in [0.25, 0.3) is 0 Å². The summed E-state index contributed by atoms with van der Waals surface area (Å²) in [6.07, 6.45) is 4.44. The zero-order chi connectivity index (χ0) is 14.4. The fraction of sp³-hybridized carbons (Fsp3) is 0.467. The summed E-state index contributed by atoms with van der Waals surface area (Å²) in [5.74, 6) is -1.53. The molecule has 0 aliphatic heterocycles. The van der Waals surface area contributed by atoms with Crippen LogP contribution in [0.25, 0.3) is 0 Å². The van der Waals surface area contributed by atoms with Crippen LogP contribution < -0.4 is 10.6 Å². The number of hydrogen-bond donors (Lipinski definition) is 2. The maximum Gasteiger partial charge on any atom is 0.309 e. The Hall–Kier alpha value is -1.91. The van der Waals surface area contributed by atoms with Gasteiger partial charge in [-0.05, 0) is 30.9 Å². The number of hydrogen-bond acceptors (Lipinski definition) is 2. The van der Waals surface area contributed by atoms with Crippen LogP contribution in [0, 0.1) is 5.82 Å². The molecule has 0 unspecified atom stereocenters. The molecule has 108 valence electrons. The van der Waals surface area contributed by atoms with Crippen LogP contribution in [0.4, 0.5) is 4.39 Å². The smallest absolute Gasteiger partial charge is 0.309 e. The zero-order valence-electron chi connectivity index (χ0n) is 11.3. The third-order valence-electron chi connectivity index (χ3n) is 3.53. The lowest BCUT2D eigenvalue weighted by molar-refractivity contribution is -0.139. The van der Waals surface area contributed by atoms with E-state index < -0.39 is 11.8 Å². The van der Waals surface area contributed by atoms with Crippen LogP contribution in [0.5, 0.6) is 0 Å². The van der Waals surface area contributed by atoms with E-state index in [4.69, 9.17) is 0 Å². The van der Waals surface area contributed by atoms with Crippen molar-refractivity contribution in [2.24, 2.45) is 0 Å². The molecule has 0 radical (unpaired) electrons. The second kappa shape index (κ2) is 7.03. The van der Waals surface area contributed by atoms with Gasteiger partial charge in [0, 0.05) is 12.6 Å². The van der Waals surface area contributed by atoms with Gasteiger partial charge in [-0.3, -0.25) is 9.59 Å². The zero-order valence-corrected chi connectivity index (χ0v) is 11.3. The molecule has 4 nitrogen and oxygen atoms in total. The molecule has 2 amide bonds. The molecule has 5 heteroatoms. The Morgan fingerprint density at radius 3 is 2.55 bits per heavy atom. The van der Waals surface area contributed by atoms with E-state index in [9.17, 15) is 14.0 Å². The molecular weight excluding hydrogens is 259 g/mol. The number of nitrogens with one attached hydrogen (secondary N) is 2. The van der Waals surface area contributed by atoms with Crippen molar-refractivity contribution < 1.29 is 14.0 Å². The third-order valence-corrected chi connectivity index (χ3v) is 3.53. The first kappa shape index (κ1) is 14.5. The minimum Gasteiger partial charge on any atom is -0.348 e. The molecule has 1 aromatic rings. The Labute approximate surface area is 117 Å². The summed E-state index contributed by atoms with van der Waals surface area (Å²) < 4.78 is 13.4. The summed E-state index contributed by atoms with van der Waals surface area (Å²) in [6, 6.07) is 6.53. The normalized spacial score (nSPS) is 15.1. The molecule has 2 N–H and O–H groups in total. The van der Waals surface area contributed by atoms with Crippen LogP contribution in [-0.2, 0) is 16.0 Å². The lowest BCUT2D eigenvalue weighted by atomic mass is 10.1. The minimum atomic E-state index is -0.645. The van der Waals surface area contributed by atoms with Gasteiger partial charge in [0.15, 0.2) is 0 Å². The van der Waals surface area contributed by atoms with Crippen molar-refractivity contribution in [1.29, 1.82) is 0 Å². The van der Waals surface area contributed by atoms with Crippen LogP contribution in [0.1, 0.15) is 31.2 Å². The van der Waals surface area contributed by atoms with Crippen LogP contribution in [-0.4, -0.2) is 24.4 Å². The van der Waals surface area contributed by atoms with Gasteiger partial charge in [-0.15, -0.1) is 0 Å². The highest BCUT2D eigenvalue weighted by molar-refractivity contribution is 6.35. The molecule has 1 aliphatic rings. The van der Waals surface area contributed by atoms with Gasteiger partial charge in [0.05, 0.1) is 0 Å². The quantitative estimate of drug-likeness (QED) is 0.821. The molecular formula is C15H19FN2O2. The van der Waals surface area contributed by atoms with Crippen molar-refractivity contribution in [2.75, 3.05) is 6.54 Å². The van der Waals surface area contributed by atoms with Gasteiger partial charge in [0.2, 0.25) is 0 Å². The molecule has 2 rings (SSSR count). The standard InChI is InChI=1S/C15H19FN2O2/c16-13-8-4-1-5-11(13)9-10-17-14(19)15(20)18-12-6-2-3-7-12/h1,4-5,8,12H,2-3,6-7,9-10H2,(H,17,19)(H,18,20). The largest absolute Gasteiger partial charge is 0.348 e. The van der Waals surface area contributed by atoms with Crippen molar-refractivity contribution in [1.82, 2.24) is 10.6 Å². The molecule has 20 heavy (non-hydrogen) atoms. The average Bonchev–Trinajstić information content (AvgIpc) is 2.93. The third kappa shape index (κ3) is 4.05. The number of amides is 2. The van der Waals surface area contributed by atoms with E-state index in [1.807, 2.05) is 0 Å². The number of carbonyl (C=O) groups is 2. The number of carbonyl (C=O) groups excluding carboxylic acids is 2. The van der Waals surface area contributed by atoms with Crippen LogP contribution >= 0.6 is 0 Å². The molecule has 1 aromatic carbocycles. The predicted octanol–water partition coefficient (Wildman–Crippen LogP) is 1.54. The highest BCUT2D eigenvalue weighted by atomic mass is 19.1. The topological polar surface area (TPSA) is 58.2 Å². The van der Waals surface area contributed by atoms with Crippen molar-refractivity contribution in [3.05, 3.63) is 35.6 Å². The fourth-order valence-electron chi connectivity index (χ4n) is 2.41. The summed E-state index contributed by atoms with van der Waals surface area (Å²) in [4.78, 5) is 23.2. The van der Waals surface area contributed by atoms with E-state index in [1.54, 1.807) is 18.2 Å². The Bertz CT molecular complexity index is 485. The summed E-state index contributed by atoms with van der Waals surface area (Å²) >= 11 is 0. The first-order chi connectivity index (χ1) is 9.66. The maximum atomic E-state index is 13.4. The molecule has 0 aromatic heterocycles. The fourth-order valence-corrected chi connectivity index (χ4v) is 2.41. The van der Waals surface area contributed by atoms with E-state index in [0.717, 1.165) is 25.7 Å². The summed E-state index contributed by atoms with van der Waals surface area (Å²) in [7, 11) is 0. The first-order valence-corrected chi connectivity index (χ1v) is 6.99. The van der Waals surface area contributed by atoms with Crippen LogP contribution in [0.15, 0.2) is 24.3 Å². The first-order valence-electron chi connectivity index (χ1n) is 6.99. The molecule has 0 bridgehead atoms. The molecule has 1 fully saturated rings. The Morgan fingerprint density at radius 2 is 1.85 bits per heavy atom. The maximum absolute atomic E-state index is 13.4. The number of halogens is 1.